The first-order chi connectivity index (χ1) is 10.1. The van der Waals surface area contributed by atoms with E-state index in [0.717, 1.165) is 25.9 Å². The molecular weight excluding hydrogens is 309 g/mol. The fourth-order valence-corrected chi connectivity index (χ4v) is 2.71. The Morgan fingerprint density at radius 2 is 2.05 bits per heavy atom. The maximum atomic E-state index is 6.10. The Hall–Kier alpha value is -0.480. The summed E-state index contributed by atoms with van der Waals surface area (Å²) in [5.41, 5.74) is 0. The highest BCUT2D eigenvalue weighted by atomic mass is 35.5. The standard InChI is InChI=1S/C16H23Cl2NO2/c1-11(2)8-19-9-12-6-7-13(21-12)10-20-15-5-3-4-14(17)16(15)18/h3-5,11-13,19H,6-10H2,1-2H3. The summed E-state index contributed by atoms with van der Waals surface area (Å²) in [4.78, 5) is 0. The van der Waals surface area contributed by atoms with E-state index in [9.17, 15) is 0 Å². The summed E-state index contributed by atoms with van der Waals surface area (Å²) < 4.78 is 11.7. The molecule has 1 aromatic rings. The number of benzene rings is 1. The van der Waals surface area contributed by atoms with Crippen LogP contribution in [-0.2, 0) is 4.74 Å². The molecule has 3 nitrogen and oxygen atoms in total. The van der Waals surface area contributed by atoms with Crippen molar-refractivity contribution in [3.05, 3.63) is 28.2 Å². The van der Waals surface area contributed by atoms with Crippen molar-refractivity contribution >= 4 is 23.2 Å². The van der Waals surface area contributed by atoms with Crippen LogP contribution in [0.1, 0.15) is 26.7 Å². The minimum absolute atomic E-state index is 0.130. The van der Waals surface area contributed by atoms with Crippen LogP contribution in [-0.4, -0.2) is 31.9 Å². The van der Waals surface area contributed by atoms with E-state index >= 15 is 0 Å². The van der Waals surface area contributed by atoms with Crippen LogP contribution in [0.5, 0.6) is 5.75 Å². The molecule has 1 N–H and O–H groups in total. The van der Waals surface area contributed by atoms with Gasteiger partial charge in [-0.1, -0.05) is 43.1 Å². The van der Waals surface area contributed by atoms with Crippen LogP contribution >= 0.6 is 23.2 Å². The number of rotatable bonds is 7. The highest BCUT2D eigenvalue weighted by molar-refractivity contribution is 6.42. The zero-order chi connectivity index (χ0) is 15.2. The van der Waals surface area contributed by atoms with Crippen molar-refractivity contribution in [1.82, 2.24) is 5.32 Å². The molecule has 5 heteroatoms. The summed E-state index contributed by atoms with van der Waals surface area (Å²) in [7, 11) is 0. The van der Waals surface area contributed by atoms with Crippen molar-refractivity contribution in [2.24, 2.45) is 5.92 Å². The van der Waals surface area contributed by atoms with Crippen LogP contribution in [0.15, 0.2) is 18.2 Å². The first-order valence-corrected chi connectivity index (χ1v) is 8.25. The minimum Gasteiger partial charge on any atom is -0.489 e. The second-order valence-corrected chi connectivity index (χ2v) is 6.66. The molecule has 0 amide bonds. The fourth-order valence-electron chi connectivity index (χ4n) is 2.36. The lowest BCUT2D eigenvalue weighted by molar-refractivity contribution is 0.0184. The highest BCUT2D eigenvalue weighted by Crippen LogP contribution is 2.32. The average Bonchev–Trinajstić information content (AvgIpc) is 2.88. The normalized spacial score (nSPS) is 22.0. The van der Waals surface area contributed by atoms with Crippen LogP contribution < -0.4 is 10.1 Å². The Balaban J connectivity index is 1.72. The van der Waals surface area contributed by atoms with Crippen LogP contribution in [0.25, 0.3) is 0 Å². The van der Waals surface area contributed by atoms with E-state index in [1.54, 1.807) is 6.07 Å². The van der Waals surface area contributed by atoms with Crippen molar-refractivity contribution in [1.29, 1.82) is 0 Å². The van der Waals surface area contributed by atoms with Gasteiger partial charge in [0, 0.05) is 6.54 Å². The Labute approximate surface area is 136 Å². The second kappa shape index (κ2) is 8.23. The molecule has 1 heterocycles. The molecule has 0 aromatic heterocycles. The van der Waals surface area contributed by atoms with Gasteiger partial charge in [-0.15, -0.1) is 0 Å². The topological polar surface area (TPSA) is 30.5 Å². The molecule has 2 rings (SSSR count). The minimum atomic E-state index is 0.130. The zero-order valence-electron chi connectivity index (χ0n) is 12.6. The lowest BCUT2D eigenvalue weighted by Crippen LogP contribution is -2.30. The van der Waals surface area contributed by atoms with E-state index in [1.807, 2.05) is 12.1 Å². The molecule has 21 heavy (non-hydrogen) atoms. The van der Waals surface area contributed by atoms with Gasteiger partial charge in [-0.2, -0.15) is 0 Å². The maximum absolute atomic E-state index is 6.10. The van der Waals surface area contributed by atoms with E-state index in [1.165, 1.54) is 0 Å². The summed E-state index contributed by atoms with van der Waals surface area (Å²) in [5.74, 6) is 1.28. The lowest BCUT2D eigenvalue weighted by atomic mass is 10.2. The molecule has 0 saturated carbocycles. The number of hydrogen-bond donors (Lipinski definition) is 1. The molecule has 1 saturated heterocycles. The molecular formula is C16H23Cl2NO2. The van der Waals surface area contributed by atoms with Crippen molar-refractivity contribution in [3.8, 4) is 5.75 Å². The van der Waals surface area contributed by atoms with E-state index < -0.39 is 0 Å². The molecule has 1 fully saturated rings. The van der Waals surface area contributed by atoms with Crippen molar-refractivity contribution in [3.63, 3.8) is 0 Å². The Morgan fingerprint density at radius 3 is 2.81 bits per heavy atom. The highest BCUT2D eigenvalue weighted by Gasteiger charge is 2.25. The maximum Gasteiger partial charge on any atom is 0.139 e. The van der Waals surface area contributed by atoms with Gasteiger partial charge in [-0.25, -0.2) is 0 Å². The lowest BCUT2D eigenvalue weighted by Gasteiger charge is -2.16. The number of halogens is 2. The average molecular weight is 332 g/mol. The summed E-state index contributed by atoms with van der Waals surface area (Å²) in [6.07, 6.45) is 2.51. The van der Waals surface area contributed by atoms with Crippen molar-refractivity contribution < 1.29 is 9.47 Å². The van der Waals surface area contributed by atoms with Crippen LogP contribution in [0.3, 0.4) is 0 Å². The van der Waals surface area contributed by atoms with E-state index in [2.05, 4.69) is 19.2 Å². The van der Waals surface area contributed by atoms with Gasteiger partial charge in [0.25, 0.3) is 0 Å². The number of hydrogen-bond acceptors (Lipinski definition) is 3. The van der Waals surface area contributed by atoms with Crippen LogP contribution in [0, 0.1) is 5.92 Å². The summed E-state index contributed by atoms with van der Waals surface area (Å²) in [6, 6.07) is 5.40. The molecule has 2 atom stereocenters. The Bertz CT molecular complexity index is 454. The van der Waals surface area contributed by atoms with Gasteiger partial charge in [-0.05, 0) is 37.4 Å². The molecule has 0 radical (unpaired) electrons. The van der Waals surface area contributed by atoms with Crippen molar-refractivity contribution in [2.45, 2.75) is 38.9 Å². The quantitative estimate of drug-likeness (QED) is 0.813. The van der Waals surface area contributed by atoms with Gasteiger partial charge in [0.15, 0.2) is 0 Å². The number of nitrogens with one attached hydrogen (secondary N) is 1. The van der Waals surface area contributed by atoms with Crippen molar-refractivity contribution in [2.75, 3.05) is 19.7 Å². The second-order valence-electron chi connectivity index (χ2n) is 5.87. The van der Waals surface area contributed by atoms with E-state index in [0.29, 0.717) is 28.3 Å². The third kappa shape index (κ3) is 5.33. The van der Waals surface area contributed by atoms with Crippen LogP contribution in [0.2, 0.25) is 10.0 Å². The SMILES string of the molecule is CC(C)CNCC1CCC(COc2cccc(Cl)c2Cl)O1. The van der Waals surface area contributed by atoms with Gasteiger partial charge in [0.05, 0.1) is 17.2 Å². The number of ether oxygens (including phenoxy) is 2. The molecule has 1 aromatic carbocycles. The third-order valence-electron chi connectivity index (χ3n) is 3.46. The van der Waals surface area contributed by atoms with Gasteiger partial charge in [0.2, 0.25) is 0 Å². The summed E-state index contributed by atoms with van der Waals surface area (Å²) >= 11 is 12.1. The summed E-state index contributed by atoms with van der Waals surface area (Å²) in [5, 5.41) is 4.41. The predicted molar refractivity (Wildman–Crippen MR) is 87.6 cm³/mol. The smallest absolute Gasteiger partial charge is 0.139 e. The monoisotopic (exact) mass is 331 g/mol. The first kappa shape index (κ1) is 16.9. The van der Waals surface area contributed by atoms with Gasteiger partial charge in [-0.3, -0.25) is 0 Å². The van der Waals surface area contributed by atoms with E-state index in [-0.39, 0.29) is 12.2 Å². The molecule has 2 unspecified atom stereocenters. The Morgan fingerprint density at radius 1 is 1.29 bits per heavy atom. The molecule has 118 valence electrons. The molecule has 0 spiro atoms. The fraction of sp³-hybridized carbons (Fsp3) is 0.625. The zero-order valence-corrected chi connectivity index (χ0v) is 14.1. The largest absolute Gasteiger partial charge is 0.489 e. The first-order valence-electron chi connectivity index (χ1n) is 7.49. The third-order valence-corrected chi connectivity index (χ3v) is 4.26. The van der Waals surface area contributed by atoms with Gasteiger partial charge >= 0.3 is 0 Å². The summed E-state index contributed by atoms with van der Waals surface area (Å²) in [6.45, 7) is 6.86. The molecule has 0 bridgehead atoms. The van der Waals surface area contributed by atoms with Crippen LogP contribution in [0.4, 0.5) is 0 Å². The van der Waals surface area contributed by atoms with Gasteiger partial charge in [0.1, 0.15) is 17.4 Å². The van der Waals surface area contributed by atoms with Gasteiger partial charge < -0.3 is 14.8 Å². The molecule has 0 aliphatic carbocycles. The van der Waals surface area contributed by atoms with E-state index in [4.69, 9.17) is 32.7 Å². The molecule has 1 aliphatic heterocycles. The Kier molecular flexibility index (Phi) is 6.62. The molecule has 1 aliphatic rings. The predicted octanol–water partition coefficient (Wildman–Crippen LogP) is 4.17.